The van der Waals surface area contributed by atoms with Crippen molar-refractivity contribution in [2.75, 3.05) is 0 Å². The zero-order valence-electron chi connectivity index (χ0n) is 10.6. The first-order valence-electron chi connectivity index (χ1n) is 6.16. The highest BCUT2D eigenvalue weighted by Crippen LogP contribution is 2.21. The summed E-state index contributed by atoms with van der Waals surface area (Å²) in [7, 11) is 0. The average Bonchev–Trinajstić information content (AvgIpc) is 2.76. The van der Waals surface area contributed by atoms with E-state index in [9.17, 15) is 13.9 Å². The van der Waals surface area contributed by atoms with Gasteiger partial charge in [0.05, 0.1) is 6.61 Å². The third-order valence-electron chi connectivity index (χ3n) is 3.16. The highest BCUT2D eigenvalue weighted by atomic mass is 19.1. The van der Waals surface area contributed by atoms with E-state index in [1.54, 1.807) is 23.0 Å². The molecule has 0 radical (unpaired) electrons. The molecule has 0 spiro atoms. The molecule has 0 bridgehead atoms. The molecule has 1 N–H and O–H groups in total. The minimum Gasteiger partial charge on any atom is -0.392 e. The number of benzene rings is 1. The number of hydrogen-bond acceptors (Lipinski definition) is 2. The van der Waals surface area contributed by atoms with Crippen LogP contribution in [-0.4, -0.2) is 14.7 Å². The van der Waals surface area contributed by atoms with E-state index in [-0.39, 0.29) is 6.61 Å². The first-order chi connectivity index (χ1) is 9.67. The Labute approximate surface area is 114 Å². The molecule has 0 fully saturated rings. The monoisotopic (exact) mass is 274 g/mol. The number of aliphatic hydroxyl groups is 1. The summed E-state index contributed by atoms with van der Waals surface area (Å²) in [5, 5.41) is 10.2. The maximum atomic E-state index is 13.2. The maximum absolute atomic E-state index is 13.2. The van der Waals surface area contributed by atoms with Gasteiger partial charge in [-0.05, 0) is 29.8 Å². The topological polar surface area (TPSA) is 38.0 Å². The van der Waals surface area contributed by atoms with Gasteiger partial charge in [0.2, 0.25) is 0 Å². The summed E-state index contributed by atoms with van der Waals surface area (Å²) in [5.74, 6) is -1.21. The molecule has 0 aliphatic carbocycles. The zero-order valence-corrected chi connectivity index (χ0v) is 10.6. The Morgan fingerprint density at radius 1 is 1.15 bits per heavy atom. The van der Waals surface area contributed by atoms with Gasteiger partial charge in [-0.25, -0.2) is 13.8 Å². The molecule has 0 unspecified atom stereocenters. The van der Waals surface area contributed by atoms with Crippen molar-refractivity contribution in [3.63, 3.8) is 0 Å². The van der Waals surface area contributed by atoms with Crippen molar-refractivity contribution in [1.82, 2.24) is 9.55 Å². The molecule has 0 aliphatic rings. The van der Waals surface area contributed by atoms with Gasteiger partial charge in [-0.2, -0.15) is 0 Å². The van der Waals surface area contributed by atoms with Crippen molar-refractivity contribution in [2.24, 2.45) is 0 Å². The molecule has 0 amide bonds. The molecular formula is C15H12F2N2O. The van der Waals surface area contributed by atoms with Gasteiger partial charge in [0.1, 0.15) is 17.3 Å². The Morgan fingerprint density at radius 2 is 1.90 bits per heavy atom. The van der Waals surface area contributed by atoms with Gasteiger partial charge in [-0.3, -0.25) is 0 Å². The molecule has 3 nitrogen and oxygen atoms in total. The summed E-state index contributed by atoms with van der Waals surface area (Å²) >= 11 is 0. The molecule has 5 heteroatoms. The Bertz CT molecular complexity index is 747. The fourth-order valence-electron chi connectivity index (χ4n) is 2.34. The number of fused-ring (bicyclic) bond motifs is 1. The van der Waals surface area contributed by atoms with E-state index in [0.717, 1.165) is 17.0 Å². The standard InChI is InChI=1S/C15H12F2N2O/c16-12-4-10(5-13(17)6-12)7-19-8-11(9-20)14-2-1-3-18-15(14)19/h1-6,8,20H,7,9H2. The van der Waals surface area contributed by atoms with Crippen molar-refractivity contribution in [1.29, 1.82) is 0 Å². The van der Waals surface area contributed by atoms with Crippen LogP contribution in [0.4, 0.5) is 8.78 Å². The van der Waals surface area contributed by atoms with Crippen molar-refractivity contribution in [3.8, 4) is 0 Å². The number of halogens is 2. The van der Waals surface area contributed by atoms with Crippen LogP contribution >= 0.6 is 0 Å². The van der Waals surface area contributed by atoms with Crippen LogP contribution in [0, 0.1) is 11.6 Å². The number of aromatic nitrogens is 2. The van der Waals surface area contributed by atoms with Crippen LogP contribution in [0.3, 0.4) is 0 Å². The van der Waals surface area contributed by atoms with Crippen LogP contribution in [0.15, 0.2) is 42.7 Å². The normalized spacial score (nSPS) is 11.2. The van der Waals surface area contributed by atoms with Gasteiger partial charge in [-0.15, -0.1) is 0 Å². The van der Waals surface area contributed by atoms with E-state index < -0.39 is 11.6 Å². The van der Waals surface area contributed by atoms with Gasteiger partial charge < -0.3 is 9.67 Å². The number of nitrogens with zero attached hydrogens (tertiary/aromatic N) is 2. The van der Waals surface area contributed by atoms with Crippen LogP contribution in [0.5, 0.6) is 0 Å². The number of pyridine rings is 1. The molecular weight excluding hydrogens is 262 g/mol. The largest absolute Gasteiger partial charge is 0.392 e. The van der Waals surface area contributed by atoms with Crippen molar-refractivity contribution < 1.29 is 13.9 Å². The molecule has 2 heterocycles. The van der Waals surface area contributed by atoms with Crippen LogP contribution in [0.2, 0.25) is 0 Å². The van der Waals surface area contributed by atoms with E-state index in [4.69, 9.17) is 0 Å². The quantitative estimate of drug-likeness (QED) is 0.797. The summed E-state index contributed by atoms with van der Waals surface area (Å²) in [6.45, 7) is 0.189. The van der Waals surface area contributed by atoms with Gasteiger partial charge in [0.25, 0.3) is 0 Å². The number of rotatable bonds is 3. The second kappa shape index (κ2) is 5.02. The van der Waals surface area contributed by atoms with Gasteiger partial charge in [0.15, 0.2) is 0 Å². The summed E-state index contributed by atoms with van der Waals surface area (Å²) in [6, 6.07) is 7.06. The predicted octanol–water partition coefficient (Wildman–Crippen LogP) is 2.86. The van der Waals surface area contributed by atoms with Crippen molar-refractivity contribution in [3.05, 3.63) is 65.5 Å². The fourth-order valence-corrected chi connectivity index (χ4v) is 2.34. The third-order valence-corrected chi connectivity index (χ3v) is 3.16. The summed E-state index contributed by atoms with van der Waals surface area (Å²) < 4.78 is 28.2. The molecule has 2 aromatic heterocycles. The Morgan fingerprint density at radius 3 is 2.60 bits per heavy atom. The highest BCUT2D eigenvalue weighted by molar-refractivity contribution is 5.80. The molecule has 1 aromatic carbocycles. The van der Waals surface area contributed by atoms with E-state index >= 15 is 0 Å². The lowest BCUT2D eigenvalue weighted by atomic mass is 10.2. The molecule has 20 heavy (non-hydrogen) atoms. The summed E-state index contributed by atoms with van der Waals surface area (Å²) in [4.78, 5) is 4.26. The second-order valence-electron chi connectivity index (χ2n) is 4.59. The SMILES string of the molecule is OCc1cn(Cc2cc(F)cc(F)c2)c2ncccc12. The second-order valence-corrected chi connectivity index (χ2v) is 4.59. The first-order valence-corrected chi connectivity index (χ1v) is 6.16. The van der Waals surface area contributed by atoms with E-state index in [1.165, 1.54) is 12.1 Å². The molecule has 0 aliphatic heterocycles. The summed E-state index contributed by atoms with van der Waals surface area (Å²) in [5.41, 5.74) is 1.93. The van der Waals surface area contributed by atoms with Crippen molar-refractivity contribution in [2.45, 2.75) is 13.2 Å². The van der Waals surface area contributed by atoms with E-state index in [1.807, 2.05) is 6.07 Å². The lowest BCUT2D eigenvalue weighted by Crippen LogP contribution is -2.00. The molecule has 3 rings (SSSR count). The highest BCUT2D eigenvalue weighted by Gasteiger charge is 2.09. The summed E-state index contributed by atoms with van der Waals surface area (Å²) in [6.07, 6.45) is 3.40. The smallest absolute Gasteiger partial charge is 0.140 e. The molecule has 102 valence electrons. The van der Waals surface area contributed by atoms with E-state index in [0.29, 0.717) is 17.8 Å². The average molecular weight is 274 g/mol. The Hall–Kier alpha value is -2.27. The Balaban J connectivity index is 2.06. The fraction of sp³-hybridized carbons (Fsp3) is 0.133. The predicted molar refractivity (Wildman–Crippen MR) is 71.1 cm³/mol. The van der Waals surface area contributed by atoms with Gasteiger partial charge in [-0.1, -0.05) is 0 Å². The van der Waals surface area contributed by atoms with Crippen LogP contribution in [0.25, 0.3) is 11.0 Å². The first kappa shape index (κ1) is 12.7. The van der Waals surface area contributed by atoms with Crippen molar-refractivity contribution >= 4 is 11.0 Å². The lowest BCUT2D eigenvalue weighted by Gasteiger charge is -2.05. The minimum absolute atomic E-state index is 0.104. The van der Waals surface area contributed by atoms with Gasteiger partial charge >= 0.3 is 0 Å². The Kier molecular flexibility index (Phi) is 3.20. The zero-order chi connectivity index (χ0) is 14.1. The lowest BCUT2D eigenvalue weighted by molar-refractivity contribution is 0.283. The van der Waals surface area contributed by atoms with Crippen LogP contribution in [0.1, 0.15) is 11.1 Å². The molecule has 0 saturated heterocycles. The van der Waals surface area contributed by atoms with E-state index in [2.05, 4.69) is 4.98 Å². The van der Waals surface area contributed by atoms with Crippen LogP contribution < -0.4 is 0 Å². The maximum Gasteiger partial charge on any atom is 0.140 e. The number of aliphatic hydroxyl groups excluding tert-OH is 1. The van der Waals surface area contributed by atoms with Gasteiger partial charge in [0, 0.05) is 36.0 Å². The molecule has 0 atom stereocenters. The number of hydrogen-bond donors (Lipinski definition) is 1. The van der Waals surface area contributed by atoms with Crippen LogP contribution in [-0.2, 0) is 13.2 Å². The molecule has 0 saturated carbocycles. The molecule has 3 aromatic rings. The third kappa shape index (κ3) is 2.28. The minimum atomic E-state index is -0.605.